The van der Waals surface area contributed by atoms with Crippen LogP contribution in [0.1, 0.15) is 26.3 Å². The van der Waals surface area contributed by atoms with Crippen molar-refractivity contribution < 1.29 is 9.53 Å². The lowest BCUT2D eigenvalue weighted by atomic mass is 9.86. The Morgan fingerprint density at radius 3 is 2.69 bits per heavy atom. The van der Waals surface area contributed by atoms with Crippen LogP contribution in [0.4, 0.5) is 5.69 Å². The Bertz CT molecular complexity index is 885. The van der Waals surface area contributed by atoms with Crippen molar-refractivity contribution >= 4 is 11.6 Å². The molecule has 26 heavy (non-hydrogen) atoms. The number of amides is 1. The second-order valence-corrected chi connectivity index (χ2v) is 6.88. The van der Waals surface area contributed by atoms with Gasteiger partial charge in [-0.3, -0.25) is 4.79 Å². The normalized spacial score (nSPS) is 11.2. The molecule has 0 aliphatic heterocycles. The monoisotopic (exact) mass is 351 g/mol. The molecule has 0 saturated heterocycles. The average Bonchev–Trinajstić information content (AvgIpc) is 3.14. The van der Waals surface area contributed by atoms with E-state index >= 15 is 0 Å². The van der Waals surface area contributed by atoms with Gasteiger partial charge in [-0.25, -0.2) is 4.68 Å². The summed E-state index contributed by atoms with van der Waals surface area (Å²) in [5, 5.41) is 14.0. The number of tetrazole rings is 1. The summed E-state index contributed by atoms with van der Waals surface area (Å²) in [7, 11) is 0. The summed E-state index contributed by atoms with van der Waals surface area (Å²) in [5.74, 6) is 0.354. The Labute approximate surface area is 152 Å². The summed E-state index contributed by atoms with van der Waals surface area (Å²) in [6, 6.07) is 15.0. The van der Waals surface area contributed by atoms with Crippen molar-refractivity contribution in [2.45, 2.75) is 26.2 Å². The molecule has 0 aliphatic carbocycles. The number of hydrogen-bond acceptors (Lipinski definition) is 5. The highest BCUT2D eigenvalue weighted by Gasteiger charge is 2.18. The minimum Gasteiger partial charge on any atom is -0.484 e. The Morgan fingerprint density at radius 2 is 1.96 bits per heavy atom. The van der Waals surface area contributed by atoms with E-state index in [0.29, 0.717) is 5.75 Å². The fraction of sp³-hybridized carbons (Fsp3) is 0.263. The number of hydrogen-bond donors (Lipinski definition) is 1. The number of carbonyl (C=O) groups is 1. The number of nitrogens with zero attached hydrogens (tertiary/aromatic N) is 4. The van der Waals surface area contributed by atoms with Gasteiger partial charge in [0.15, 0.2) is 6.61 Å². The molecule has 134 valence electrons. The summed E-state index contributed by atoms with van der Waals surface area (Å²) >= 11 is 0. The van der Waals surface area contributed by atoms with Gasteiger partial charge in [0.05, 0.1) is 5.69 Å². The smallest absolute Gasteiger partial charge is 0.262 e. The lowest BCUT2D eigenvalue weighted by Gasteiger charge is -2.23. The van der Waals surface area contributed by atoms with Crippen molar-refractivity contribution in [1.29, 1.82) is 0 Å². The average molecular weight is 351 g/mol. The van der Waals surface area contributed by atoms with E-state index in [9.17, 15) is 4.79 Å². The summed E-state index contributed by atoms with van der Waals surface area (Å²) in [6.45, 7) is 6.24. The summed E-state index contributed by atoms with van der Waals surface area (Å²) < 4.78 is 7.13. The first-order chi connectivity index (χ1) is 12.4. The Morgan fingerprint density at radius 1 is 1.15 bits per heavy atom. The molecule has 3 rings (SSSR count). The highest BCUT2D eigenvalue weighted by Crippen LogP contribution is 2.29. The molecule has 2 aromatic carbocycles. The first-order valence-corrected chi connectivity index (χ1v) is 8.29. The summed E-state index contributed by atoms with van der Waals surface area (Å²) in [5.41, 5.74) is 2.57. The van der Waals surface area contributed by atoms with Crippen LogP contribution in [0.5, 0.6) is 5.75 Å². The van der Waals surface area contributed by atoms with Gasteiger partial charge in [-0.05, 0) is 39.6 Å². The lowest BCUT2D eigenvalue weighted by Crippen LogP contribution is -2.23. The minimum absolute atomic E-state index is 0.0646. The highest BCUT2D eigenvalue weighted by molar-refractivity contribution is 5.92. The predicted octanol–water partition coefficient (Wildman–Crippen LogP) is 2.98. The zero-order valence-corrected chi connectivity index (χ0v) is 15.0. The van der Waals surface area contributed by atoms with Gasteiger partial charge in [-0.1, -0.05) is 45.0 Å². The number of anilines is 1. The van der Waals surface area contributed by atoms with Crippen LogP contribution in [-0.4, -0.2) is 32.7 Å². The van der Waals surface area contributed by atoms with Gasteiger partial charge in [-0.2, -0.15) is 0 Å². The van der Waals surface area contributed by atoms with Gasteiger partial charge in [0, 0.05) is 11.8 Å². The molecule has 0 fully saturated rings. The maximum atomic E-state index is 12.3. The van der Waals surface area contributed by atoms with Crippen molar-refractivity contribution in [3.8, 4) is 11.4 Å². The lowest BCUT2D eigenvalue weighted by molar-refractivity contribution is -0.118. The molecule has 0 spiro atoms. The molecule has 1 N–H and O–H groups in total. The minimum atomic E-state index is -0.213. The van der Waals surface area contributed by atoms with Crippen LogP contribution in [0.15, 0.2) is 54.9 Å². The van der Waals surface area contributed by atoms with Crippen LogP contribution in [0.2, 0.25) is 0 Å². The molecule has 1 aromatic heterocycles. The fourth-order valence-electron chi connectivity index (χ4n) is 2.58. The quantitative estimate of drug-likeness (QED) is 0.764. The fourth-order valence-corrected chi connectivity index (χ4v) is 2.58. The van der Waals surface area contributed by atoms with Gasteiger partial charge in [0.25, 0.3) is 5.91 Å². The predicted molar refractivity (Wildman–Crippen MR) is 98.4 cm³/mol. The van der Waals surface area contributed by atoms with Gasteiger partial charge in [0.2, 0.25) is 0 Å². The summed E-state index contributed by atoms with van der Waals surface area (Å²) in [6.07, 6.45) is 1.50. The zero-order chi connectivity index (χ0) is 18.6. The number of ether oxygens (including phenoxy) is 1. The van der Waals surface area contributed by atoms with E-state index in [4.69, 9.17) is 4.74 Å². The molecular formula is C19H21N5O2. The number of nitrogens with one attached hydrogen (secondary N) is 1. The first-order valence-electron chi connectivity index (χ1n) is 8.29. The third kappa shape index (κ3) is 4.24. The largest absolute Gasteiger partial charge is 0.484 e. The van der Waals surface area contributed by atoms with Gasteiger partial charge < -0.3 is 10.1 Å². The highest BCUT2D eigenvalue weighted by atomic mass is 16.5. The molecule has 0 radical (unpaired) electrons. The second-order valence-electron chi connectivity index (χ2n) is 6.88. The van der Waals surface area contributed by atoms with Crippen LogP contribution < -0.4 is 10.1 Å². The van der Waals surface area contributed by atoms with Crippen LogP contribution in [0.3, 0.4) is 0 Å². The third-order valence-corrected chi connectivity index (χ3v) is 3.81. The van der Waals surface area contributed by atoms with E-state index in [1.807, 2.05) is 36.4 Å². The van der Waals surface area contributed by atoms with E-state index in [1.54, 1.807) is 12.1 Å². The number of aromatic nitrogens is 4. The van der Waals surface area contributed by atoms with E-state index in [-0.39, 0.29) is 17.9 Å². The van der Waals surface area contributed by atoms with E-state index < -0.39 is 0 Å². The standard InChI is InChI=1S/C19H21N5O2/c1-19(2,3)16-9-4-5-10-17(16)21-18(25)12-26-15-8-6-7-14(11-15)24-13-20-22-23-24/h4-11,13H,12H2,1-3H3,(H,21,25). The maximum absolute atomic E-state index is 12.3. The molecule has 1 heterocycles. The second kappa shape index (κ2) is 7.35. The van der Waals surface area contributed by atoms with Crippen LogP contribution in [-0.2, 0) is 10.2 Å². The summed E-state index contributed by atoms with van der Waals surface area (Å²) in [4.78, 5) is 12.3. The first kappa shape index (κ1) is 17.6. The zero-order valence-electron chi connectivity index (χ0n) is 15.0. The molecule has 0 unspecified atom stereocenters. The van der Waals surface area contributed by atoms with E-state index in [0.717, 1.165) is 16.9 Å². The van der Waals surface area contributed by atoms with E-state index in [2.05, 4.69) is 41.6 Å². The number of benzene rings is 2. The third-order valence-electron chi connectivity index (χ3n) is 3.81. The molecule has 0 bridgehead atoms. The molecule has 7 heteroatoms. The Hall–Kier alpha value is -3.22. The van der Waals surface area contributed by atoms with Crippen molar-refractivity contribution in [3.05, 3.63) is 60.4 Å². The SMILES string of the molecule is CC(C)(C)c1ccccc1NC(=O)COc1cccc(-n2cnnn2)c1. The van der Waals surface area contributed by atoms with Crippen molar-refractivity contribution in [1.82, 2.24) is 20.2 Å². The topological polar surface area (TPSA) is 81.9 Å². The Kier molecular flexibility index (Phi) is 4.97. The van der Waals surface area contributed by atoms with Crippen molar-refractivity contribution in [2.75, 3.05) is 11.9 Å². The molecule has 3 aromatic rings. The molecule has 0 saturated carbocycles. The van der Waals surface area contributed by atoms with Crippen LogP contribution in [0.25, 0.3) is 5.69 Å². The molecule has 0 aliphatic rings. The molecular weight excluding hydrogens is 330 g/mol. The Balaban J connectivity index is 1.65. The maximum Gasteiger partial charge on any atom is 0.262 e. The van der Waals surface area contributed by atoms with Gasteiger partial charge in [-0.15, -0.1) is 5.10 Å². The molecule has 0 atom stereocenters. The van der Waals surface area contributed by atoms with Crippen LogP contribution in [0, 0.1) is 0 Å². The van der Waals surface area contributed by atoms with Crippen molar-refractivity contribution in [3.63, 3.8) is 0 Å². The van der Waals surface area contributed by atoms with Crippen molar-refractivity contribution in [2.24, 2.45) is 0 Å². The van der Waals surface area contributed by atoms with Crippen LogP contribution >= 0.6 is 0 Å². The number of para-hydroxylation sites is 1. The van der Waals surface area contributed by atoms with Gasteiger partial charge in [0.1, 0.15) is 12.1 Å². The molecule has 7 nitrogen and oxygen atoms in total. The van der Waals surface area contributed by atoms with Gasteiger partial charge >= 0.3 is 0 Å². The number of rotatable bonds is 5. The number of carbonyl (C=O) groups excluding carboxylic acids is 1. The van der Waals surface area contributed by atoms with E-state index in [1.165, 1.54) is 11.0 Å². The molecule has 1 amide bonds.